The summed E-state index contributed by atoms with van der Waals surface area (Å²) >= 11 is 12.0. The molecule has 0 aliphatic carbocycles. The van der Waals surface area contributed by atoms with Crippen molar-refractivity contribution in [3.05, 3.63) is 52.0 Å². The van der Waals surface area contributed by atoms with E-state index in [1.54, 1.807) is 39.3 Å². The molecule has 2 rings (SSSR count). The molecule has 0 heterocycles. The van der Waals surface area contributed by atoms with Crippen molar-refractivity contribution in [1.82, 2.24) is 5.32 Å². The summed E-state index contributed by atoms with van der Waals surface area (Å²) in [5, 5.41) is 3.51. The van der Waals surface area contributed by atoms with Crippen LogP contribution in [-0.4, -0.2) is 32.8 Å². The summed E-state index contributed by atoms with van der Waals surface area (Å²) in [7, 11) is 3.18. The maximum atomic E-state index is 12.2. The highest BCUT2D eigenvalue weighted by atomic mass is 35.5. The lowest BCUT2D eigenvalue weighted by atomic mass is 10.1. The van der Waals surface area contributed by atoms with Crippen molar-refractivity contribution in [2.75, 3.05) is 20.8 Å². The van der Waals surface area contributed by atoms with Crippen molar-refractivity contribution in [2.24, 2.45) is 0 Å². The standard InChI is InChI=1S/C19H21Cl2NO4/c1-12(26-16-6-4-5-14(20)18(16)21)19(23)22-10-9-13-7-8-15(24-2)17(11-13)25-3/h4-8,11-12H,9-10H2,1-3H3,(H,22,23). The Labute approximate surface area is 163 Å². The number of methoxy groups -OCH3 is 2. The molecule has 0 radical (unpaired) electrons. The van der Waals surface area contributed by atoms with Crippen LogP contribution in [-0.2, 0) is 11.2 Å². The number of hydrogen-bond acceptors (Lipinski definition) is 4. The molecule has 5 nitrogen and oxygen atoms in total. The van der Waals surface area contributed by atoms with E-state index in [1.165, 1.54) is 0 Å². The molecule has 0 aliphatic rings. The van der Waals surface area contributed by atoms with Gasteiger partial charge in [0.2, 0.25) is 0 Å². The van der Waals surface area contributed by atoms with E-state index in [0.29, 0.717) is 40.3 Å². The van der Waals surface area contributed by atoms with Crippen molar-refractivity contribution in [3.8, 4) is 17.2 Å². The molecule has 0 saturated carbocycles. The van der Waals surface area contributed by atoms with Gasteiger partial charge < -0.3 is 19.5 Å². The minimum Gasteiger partial charge on any atom is -0.493 e. The SMILES string of the molecule is COc1ccc(CCNC(=O)C(C)Oc2cccc(Cl)c2Cl)cc1OC. The Balaban J connectivity index is 1.87. The van der Waals surface area contributed by atoms with Crippen molar-refractivity contribution in [3.63, 3.8) is 0 Å². The third kappa shape index (κ3) is 5.19. The van der Waals surface area contributed by atoms with Gasteiger partial charge in [-0.05, 0) is 43.2 Å². The van der Waals surface area contributed by atoms with Crippen LogP contribution in [0.1, 0.15) is 12.5 Å². The van der Waals surface area contributed by atoms with Gasteiger partial charge in [-0.25, -0.2) is 0 Å². The zero-order chi connectivity index (χ0) is 19.1. The van der Waals surface area contributed by atoms with Crippen molar-refractivity contribution in [2.45, 2.75) is 19.4 Å². The fourth-order valence-corrected chi connectivity index (χ4v) is 2.67. The zero-order valence-electron chi connectivity index (χ0n) is 14.8. The molecule has 0 saturated heterocycles. The van der Waals surface area contributed by atoms with Crippen molar-refractivity contribution < 1.29 is 19.0 Å². The fourth-order valence-electron chi connectivity index (χ4n) is 2.33. The molecular weight excluding hydrogens is 377 g/mol. The second-order valence-corrected chi connectivity index (χ2v) is 6.33. The van der Waals surface area contributed by atoms with E-state index in [0.717, 1.165) is 5.56 Å². The molecule has 0 spiro atoms. The van der Waals surface area contributed by atoms with Crippen LogP contribution in [0.4, 0.5) is 0 Å². The lowest BCUT2D eigenvalue weighted by molar-refractivity contribution is -0.127. The van der Waals surface area contributed by atoms with Crippen LogP contribution in [0.2, 0.25) is 10.0 Å². The van der Waals surface area contributed by atoms with Gasteiger partial charge >= 0.3 is 0 Å². The Morgan fingerprint density at radius 1 is 1.08 bits per heavy atom. The molecule has 0 aliphatic heterocycles. The van der Waals surface area contributed by atoms with Gasteiger partial charge in [-0.1, -0.05) is 35.3 Å². The van der Waals surface area contributed by atoms with E-state index in [2.05, 4.69) is 5.32 Å². The largest absolute Gasteiger partial charge is 0.493 e. The van der Waals surface area contributed by atoms with Gasteiger partial charge in [-0.15, -0.1) is 0 Å². The van der Waals surface area contributed by atoms with Gasteiger partial charge in [0.05, 0.1) is 19.2 Å². The number of hydrogen-bond donors (Lipinski definition) is 1. The van der Waals surface area contributed by atoms with Crippen LogP contribution in [0.15, 0.2) is 36.4 Å². The van der Waals surface area contributed by atoms with E-state index in [1.807, 2.05) is 18.2 Å². The van der Waals surface area contributed by atoms with E-state index in [4.69, 9.17) is 37.4 Å². The number of carbonyl (C=O) groups is 1. The molecular formula is C19H21Cl2NO4. The van der Waals surface area contributed by atoms with Crippen molar-refractivity contribution in [1.29, 1.82) is 0 Å². The van der Waals surface area contributed by atoms with E-state index in [9.17, 15) is 4.79 Å². The molecule has 26 heavy (non-hydrogen) atoms. The number of amides is 1. The van der Waals surface area contributed by atoms with Crippen LogP contribution in [0.5, 0.6) is 17.2 Å². The highest BCUT2D eigenvalue weighted by molar-refractivity contribution is 6.42. The van der Waals surface area contributed by atoms with Crippen LogP contribution in [0.3, 0.4) is 0 Å². The predicted molar refractivity (Wildman–Crippen MR) is 103 cm³/mol. The molecule has 1 N–H and O–H groups in total. The average molecular weight is 398 g/mol. The molecule has 0 fully saturated rings. The molecule has 2 aromatic rings. The molecule has 0 bridgehead atoms. The third-order valence-electron chi connectivity index (χ3n) is 3.75. The Kier molecular flexibility index (Phi) is 7.42. The molecule has 140 valence electrons. The summed E-state index contributed by atoms with van der Waals surface area (Å²) in [4.78, 5) is 12.2. The first kappa shape index (κ1) is 20.2. The number of ether oxygens (including phenoxy) is 3. The van der Waals surface area contributed by atoms with Gasteiger partial charge in [0.1, 0.15) is 10.8 Å². The van der Waals surface area contributed by atoms with Gasteiger partial charge in [0.25, 0.3) is 5.91 Å². The second-order valence-electron chi connectivity index (χ2n) is 5.54. The summed E-state index contributed by atoms with van der Waals surface area (Å²) < 4.78 is 16.1. The number of rotatable bonds is 8. The minimum absolute atomic E-state index is 0.235. The molecule has 1 unspecified atom stereocenters. The van der Waals surface area contributed by atoms with Crippen LogP contribution in [0, 0.1) is 0 Å². The number of halogens is 2. The molecule has 7 heteroatoms. The molecule has 0 aromatic heterocycles. The Morgan fingerprint density at radius 3 is 2.50 bits per heavy atom. The summed E-state index contributed by atoms with van der Waals surface area (Å²) in [6.07, 6.45) is -0.0483. The lowest BCUT2D eigenvalue weighted by Gasteiger charge is -2.16. The molecule has 2 aromatic carbocycles. The van der Waals surface area contributed by atoms with Gasteiger partial charge in [0, 0.05) is 6.54 Å². The monoisotopic (exact) mass is 397 g/mol. The maximum Gasteiger partial charge on any atom is 0.260 e. The Morgan fingerprint density at radius 2 is 1.81 bits per heavy atom. The van der Waals surface area contributed by atoms with Gasteiger partial charge in [-0.2, -0.15) is 0 Å². The lowest BCUT2D eigenvalue weighted by Crippen LogP contribution is -2.37. The van der Waals surface area contributed by atoms with Gasteiger partial charge in [0.15, 0.2) is 17.6 Å². The number of nitrogens with one attached hydrogen (secondary N) is 1. The topological polar surface area (TPSA) is 56.8 Å². The molecule has 1 atom stereocenters. The highest BCUT2D eigenvalue weighted by Gasteiger charge is 2.16. The second kappa shape index (κ2) is 9.55. The number of benzene rings is 2. The summed E-state index contributed by atoms with van der Waals surface area (Å²) in [5.41, 5.74) is 1.02. The smallest absolute Gasteiger partial charge is 0.260 e. The van der Waals surface area contributed by atoms with Crippen LogP contribution < -0.4 is 19.5 Å². The van der Waals surface area contributed by atoms with Crippen LogP contribution >= 0.6 is 23.2 Å². The summed E-state index contributed by atoms with van der Waals surface area (Å²) in [6, 6.07) is 10.7. The van der Waals surface area contributed by atoms with Crippen molar-refractivity contribution >= 4 is 29.1 Å². The fraction of sp³-hybridized carbons (Fsp3) is 0.316. The zero-order valence-corrected chi connectivity index (χ0v) is 16.4. The van der Waals surface area contributed by atoms with Gasteiger partial charge in [-0.3, -0.25) is 4.79 Å². The maximum absolute atomic E-state index is 12.2. The van der Waals surface area contributed by atoms with E-state index >= 15 is 0 Å². The quantitative estimate of drug-likeness (QED) is 0.726. The Hall–Kier alpha value is -2.11. The number of carbonyl (C=O) groups excluding carboxylic acids is 1. The first-order valence-electron chi connectivity index (χ1n) is 8.05. The van der Waals surface area contributed by atoms with E-state index < -0.39 is 6.10 Å². The summed E-state index contributed by atoms with van der Waals surface area (Å²) in [5.74, 6) is 1.47. The predicted octanol–water partition coefficient (Wildman–Crippen LogP) is 4.14. The Bertz CT molecular complexity index is 767. The first-order chi connectivity index (χ1) is 12.5. The highest BCUT2D eigenvalue weighted by Crippen LogP contribution is 2.32. The van der Waals surface area contributed by atoms with Crippen LogP contribution in [0.25, 0.3) is 0 Å². The molecule has 1 amide bonds. The summed E-state index contributed by atoms with van der Waals surface area (Å²) in [6.45, 7) is 2.12. The normalized spacial score (nSPS) is 11.6. The third-order valence-corrected chi connectivity index (χ3v) is 4.55. The average Bonchev–Trinajstić information content (AvgIpc) is 2.65. The first-order valence-corrected chi connectivity index (χ1v) is 8.81. The minimum atomic E-state index is -0.698. The van der Waals surface area contributed by atoms with E-state index in [-0.39, 0.29) is 5.91 Å².